The van der Waals surface area contributed by atoms with Crippen LogP contribution in [0.1, 0.15) is 27.8 Å². The SMILES string of the molecule is Nc1cc(C(c2cc(C(F)(F)F)cc(C(F)(F)F)c2)(c2ccc(O)c(N)c2)C(F)(F)F)ccc1O. The molecular formula is C22H15F9N2O2. The summed E-state index contributed by atoms with van der Waals surface area (Å²) in [6, 6.07) is 3.52. The maximum absolute atomic E-state index is 15.0. The average molecular weight is 510 g/mol. The Morgan fingerprint density at radius 1 is 0.486 bits per heavy atom. The van der Waals surface area contributed by atoms with Crippen molar-refractivity contribution in [2.45, 2.75) is 23.9 Å². The van der Waals surface area contributed by atoms with E-state index in [1.807, 2.05) is 0 Å². The number of nitrogen functional groups attached to an aromatic ring is 2. The molecule has 0 atom stereocenters. The molecule has 13 heteroatoms. The van der Waals surface area contributed by atoms with Gasteiger partial charge in [-0.3, -0.25) is 0 Å². The topological polar surface area (TPSA) is 92.5 Å². The van der Waals surface area contributed by atoms with Crippen LogP contribution in [0, 0.1) is 0 Å². The molecule has 4 nitrogen and oxygen atoms in total. The number of alkyl halides is 9. The number of benzene rings is 3. The Hall–Kier alpha value is -3.77. The zero-order chi connectivity index (χ0) is 26.6. The first kappa shape index (κ1) is 25.8. The Bertz CT molecular complexity index is 1180. The summed E-state index contributed by atoms with van der Waals surface area (Å²) in [6.45, 7) is 0. The quantitative estimate of drug-likeness (QED) is 0.146. The van der Waals surface area contributed by atoms with E-state index in [1.165, 1.54) is 0 Å². The largest absolute Gasteiger partial charge is 0.506 e. The molecule has 0 aliphatic heterocycles. The number of rotatable bonds is 3. The molecule has 0 bridgehead atoms. The number of halogens is 9. The predicted octanol–water partition coefficient (Wildman–Crippen LogP) is 6.20. The normalized spacial score (nSPS) is 13.2. The summed E-state index contributed by atoms with van der Waals surface area (Å²) >= 11 is 0. The van der Waals surface area contributed by atoms with E-state index < -0.39 is 74.6 Å². The molecule has 35 heavy (non-hydrogen) atoms. The minimum Gasteiger partial charge on any atom is -0.506 e. The van der Waals surface area contributed by atoms with Crippen LogP contribution < -0.4 is 11.5 Å². The van der Waals surface area contributed by atoms with Gasteiger partial charge in [0, 0.05) is 0 Å². The van der Waals surface area contributed by atoms with E-state index >= 15 is 0 Å². The molecule has 3 aromatic rings. The number of aromatic hydroxyl groups is 2. The third kappa shape index (κ3) is 4.49. The molecule has 0 aliphatic rings. The van der Waals surface area contributed by atoms with Gasteiger partial charge in [-0.1, -0.05) is 12.1 Å². The van der Waals surface area contributed by atoms with Crippen molar-refractivity contribution in [3.63, 3.8) is 0 Å². The fourth-order valence-corrected chi connectivity index (χ4v) is 3.74. The fraction of sp³-hybridized carbons (Fsp3) is 0.182. The fourth-order valence-electron chi connectivity index (χ4n) is 3.74. The third-order valence-electron chi connectivity index (χ3n) is 5.37. The number of phenols is 2. The lowest BCUT2D eigenvalue weighted by molar-refractivity contribution is -0.167. The predicted molar refractivity (Wildman–Crippen MR) is 107 cm³/mol. The van der Waals surface area contributed by atoms with E-state index in [0.717, 1.165) is 0 Å². The lowest BCUT2D eigenvalue weighted by Gasteiger charge is -2.38. The van der Waals surface area contributed by atoms with Gasteiger partial charge in [0.1, 0.15) is 16.9 Å². The Kier molecular flexibility index (Phi) is 6.03. The molecule has 0 radical (unpaired) electrons. The van der Waals surface area contributed by atoms with Gasteiger partial charge >= 0.3 is 18.5 Å². The number of nitrogens with two attached hydrogens (primary N) is 2. The van der Waals surface area contributed by atoms with Crippen molar-refractivity contribution in [2.75, 3.05) is 11.5 Å². The monoisotopic (exact) mass is 510 g/mol. The van der Waals surface area contributed by atoms with Crippen LogP contribution in [0.15, 0.2) is 54.6 Å². The lowest BCUT2D eigenvalue weighted by Crippen LogP contribution is -2.45. The Balaban J connectivity index is 2.60. The van der Waals surface area contributed by atoms with Crippen LogP contribution in [0.4, 0.5) is 50.9 Å². The van der Waals surface area contributed by atoms with Crippen LogP contribution in [0.25, 0.3) is 0 Å². The van der Waals surface area contributed by atoms with Gasteiger partial charge in [-0.15, -0.1) is 0 Å². The van der Waals surface area contributed by atoms with Crippen LogP contribution in [0.3, 0.4) is 0 Å². The molecule has 0 aromatic heterocycles. The molecule has 0 fully saturated rings. The summed E-state index contributed by atoms with van der Waals surface area (Å²) in [4.78, 5) is 0. The molecule has 3 aromatic carbocycles. The first-order valence-electron chi connectivity index (χ1n) is 9.43. The minimum absolute atomic E-state index is 0.0468. The molecule has 6 N–H and O–H groups in total. The second-order valence-corrected chi connectivity index (χ2v) is 7.59. The van der Waals surface area contributed by atoms with Gasteiger partial charge in [0.2, 0.25) is 0 Å². The first-order valence-corrected chi connectivity index (χ1v) is 9.43. The number of phenolic OH excluding ortho intramolecular Hbond substituents is 2. The van der Waals surface area contributed by atoms with E-state index in [9.17, 15) is 49.7 Å². The van der Waals surface area contributed by atoms with Gasteiger partial charge in [0.15, 0.2) is 0 Å². The van der Waals surface area contributed by atoms with Crippen LogP contribution in [-0.4, -0.2) is 16.4 Å². The standard InChI is InChI=1S/C22H15F9N2O2/c23-20(24,25)13-5-12(6-14(7-13)21(26,27)28)19(22(29,30)31,10-1-3-17(34)15(32)8-10)11-2-4-18(35)16(33)9-11/h1-9,34-35H,32-33H2. The Morgan fingerprint density at radius 2 is 0.829 bits per heavy atom. The van der Waals surface area contributed by atoms with Crippen molar-refractivity contribution >= 4 is 11.4 Å². The van der Waals surface area contributed by atoms with Crippen molar-refractivity contribution in [2.24, 2.45) is 0 Å². The molecule has 0 spiro atoms. The minimum atomic E-state index is -5.58. The summed E-state index contributed by atoms with van der Waals surface area (Å²) in [5, 5.41) is 19.4. The van der Waals surface area contributed by atoms with Crippen molar-refractivity contribution in [3.8, 4) is 11.5 Å². The van der Waals surface area contributed by atoms with Crippen LogP contribution in [0.5, 0.6) is 11.5 Å². The highest BCUT2D eigenvalue weighted by Crippen LogP contribution is 2.54. The summed E-state index contributed by atoms with van der Waals surface area (Å²) in [5.74, 6) is -1.34. The Morgan fingerprint density at radius 3 is 1.11 bits per heavy atom. The molecular weight excluding hydrogens is 495 g/mol. The summed E-state index contributed by atoms with van der Waals surface area (Å²) < 4.78 is 126. The average Bonchev–Trinajstić information content (AvgIpc) is 2.71. The Labute approximate surface area is 191 Å². The molecule has 0 unspecified atom stereocenters. The highest BCUT2D eigenvalue weighted by Gasteiger charge is 2.59. The first-order chi connectivity index (χ1) is 15.9. The van der Waals surface area contributed by atoms with Gasteiger partial charge in [-0.25, -0.2) is 0 Å². The third-order valence-corrected chi connectivity index (χ3v) is 5.37. The van der Waals surface area contributed by atoms with Crippen molar-refractivity contribution < 1.29 is 49.7 Å². The summed E-state index contributed by atoms with van der Waals surface area (Å²) in [6.07, 6.45) is -16.4. The van der Waals surface area contributed by atoms with Gasteiger partial charge in [-0.05, 0) is 59.2 Å². The molecule has 0 heterocycles. The summed E-state index contributed by atoms with van der Waals surface area (Å²) in [5.41, 5.74) is -1.07. The van der Waals surface area contributed by atoms with E-state index in [0.29, 0.717) is 36.4 Å². The van der Waals surface area contributed by atoms with Crippen LogP contribution in [0.2, 0.25) is 0 Å². The molecule has 0 amide bonds. The molecule has 0 saturated heterocycles. The molecule has 188 valence electrons. The van der Waals surface area contributed by atoms with Gasteiger partial charge < -0.3 is 21.7 Å². The number of hydrogen-bond donors (Lipinski definition) is 4. The van der Waals surface area contributed by atoms with Gasteiger partial charge in [0.25, 0.3) is 0 Å². The van der Waals surface area contributed by atoms with Crippen LogP contribution in [-0.2, 0) is 17.8 Å². The van der Waals surface area contributed by atoms with Crippen molar-refractivity contribution in [1.82, 2.24) is 0 Å². The second kappa shape index (κ2) is 8.17. The van der Waals surface area contributed by atoms with Crippen molar-refractivity contribution in [1.29, 1.82) is 0 Å². The van der Waals surface area contributed by atoms with E-state index in [1.54, 1.807) is 0 Å². The van der Waals surface area contributed by atoms with E-state index in [4.69, 9.17) is 11.5 Å². The lowest BCUT2D eigenvalue weighted by atomic mass is 9.68. The second-order valence-electron chi connectivity index (χ2n) is 7.59. The molecule has 0 aliphatic carbocycles. The van der Waals surface area contributed by atoms with Crippen molar-refractivity contribution in [3.05, 3.63) is 82.4 Å². The maximum atomic E-state index is 15.0. The maximum Gasteiger partial charge on any atom is 0.416 e. The smallest absolute Gasteiger partial charge is 0.416 e. The highest BCUT2D eigenvalue weighted by atomic mass is 19.4. The van der Waals surface area contributed by atoms with Gasteiger partial charge in [0.05, 0.1) is 22.5 Å². The molecule has 0 saturated carbocycles. The highest BCUT2D eigenvalue weighted by molar-refractivity contribution is 5.64. The van der Waals surface area contributed by atoms with E-state index in [-0.39, 0.29) is 18.2 Å². The zero-order valence-electron chi connectivity index (χ0n) is 17.1. The number of anilines is 2. The van der Waals surface area contributed by atoms with E-state index in [2.05, 4.69) is 0 Å². The number of hydrogen-bond acceptors (Lipinski definition) is 4. The molecule has 3 rings (SSSR count). The zero-order valence-corrected chi connectivity index (χ0v) is 17.1. The van der Waals surface area contributed by atoms with Crippen LogP contribution >= 0.6 is 0 Å². The summed E-state index contributed by atoms with van der Waals surface area (Å²) in [7, 11) is 0. The van der Waals surface area contributed by atoms with Gasteiger partial charge in [-0.2, -0.15) is 39.5 Å².